The Hall–Kier alpha value is -1.79. The maximum Gasteiger partial charge on any atom is 0.266 e. The zero-order valence-electron chi connectivity index (χ0n) is 15.4. The summed E-state index contributed by atoms with van der Waals surface area (Å²) in [5.74, 6) is 0.689. The molecule has 1 N–H and O–H groups in total. The van der Waals surface area contributed by atoms with Crippen molar-refractivity contribution >= 4 is 17.7 Å². The number of aryl methyl sites for hydroxylation is 1. The lowest BCUT2D eigenvalue weighted by molar-refractivity contribution is 0.133. The molecule has 2 saturated heterocycles. The van der Waals surface area contributed by atoms with Gasteiger partial charge in [-0.25, -0.2) is 4.98 Å². The maximum atomic E-state index is 12.6. The Bertz CT molecular complexity index is 848. The molecule has 0 atom stereocenters. The highest BCUT2D eigenvalue weighted by atomic mass is 32.2. The molecule has 1 aromatic heterocycles. The topological polar surface area (TPSA) is 58.2 Å². The Labute approximate surface area is 158 Å². The highest BCUT2D eigenvalue weighted by molar-refractivity contribution is 7.99. The summed E-state index contributed by atoms with van der Waals surface area (Å²) < 4.78 is 5.59. The minimum absolute atomic E-state index is 0.0645. The molecule has 0 amide bonds. The van der Waals surface area contributed by atoms with Crippen molar-refractivity contribution in [2.75, 3.05) is 31.2 Å². The van der Waals surface area contributed by atoms with Crippen LogP contribution in [0.15, 0.2) is 39.0 Å². The van der Waals surface area contributed by atoms with Gasteiger partial charge >= 0.3 is 0 Å². The zero-order chi connectivity index (χ0) is 18.1. The van der Waals surface area contributed by atoms with Gasteiger partial charge in [0.1, 0.15) is 0 Å². The van der Waals surface area contributed by atoms with E-state index in [1.165, 1.54) is 22.9 Å². The van der Waals surface area contributed by atoms with Crippen LogP contribution in [-0.2, 0) is 4.74 Å². The first-order valence-corrected chi connectivity index (χ1v) is 10.0. The Morgan fingerprint density at radius 3 is 2.69 bits per heavy atom. The molecule has 5 nitrogen and oxygen atoms in total. The second-order valence-corrected chi connectivity index (χ2v) is 8.57. The Morgan fingerprint density at radius 1 is 1.19 bits per heavy atom. The molecule has 2 fully saturated rings. The lowest BCUT2D eigenvalue weighted by atomic mass is 9.78. The number of benzene rings is 1. The molecule has 3 heterocycles. The average molecular weight is 372 g/mol. The van der Waals surface area contributed by atoms with Crippen molar-refractivity contribution in [2.45, 2.75) is 42.9 Å². The van der Waals surface area contributed by atoms with Gasteiger partial charge in [0.25, 0.3) is 5.56 Å². The van der Waals surface area contributed by atoms with E-state index in [0.717, 1.165) is 50.5 Å². The molecular weight excluding hydrogens is 346 g/mol. The molecule has 0 aliphatic carbocycles. The standard InChI is InChI=1S/C20H25N3O2S/c1-14-4-3-5-16(15(14)2)26-17-12-21-19(22-18(17)24)23-9-6-20(7-10-23)8-11-25-13-20/h3-5,12H,6-11,13H2,1-2H3,(H,21,22,24). The number of piperidine rings is 1. The van der Waals surface area contributed by atoms with Crippen molar-refractivity contribution in [3.63, 3.8) is 0 Å². The van der Waals surface area contributed by atoms with Gasteiger partial charge in [-0.1, -0.05) is 23.9 Å². The van der Waals surface area contributed by atoms with Crippen molar-refractivity contribution < 1.29 is 4.74 Å². The SMILES string of the molecule is Cc1cccc(Sc2cnc(N3CCC4(CCOC4)CC3)[nH]c2=O)c1C. The van der Waals surface area contributed by atoms with E-state index in [1.807, 2.05) is 12.1 Å². The first-order valence-electron chi connectivity index (χ1n) is 9.22. The highest BCUT2D eigenvalue weighted by Crippen LogP contribution is 2.39. The van der Waals surface area contributed by atoms with Gasteiger partial charge < -0.3 is 9.64 Å². The van der Waals surface area contributed by atoms with Crippen LogP contribution >= 0.6 is 11.8 Å². The van der Waals surface area contributed by atoms with Gasteiger partial charge in [-0.2, -0.15) is 0 Å². The number of ether oxygens (including phenoxy) is 1. The number of aromatic amines is 1. The van der Waals surface area contributed by atoms with Crippen molar-refractivity contribution in [2.24, 2.45) is 5.41 Å². The number of rotatable bonds is 3. The van der Waals surface area contributed by atoms with E-state index in [0.29, 0.717) is 16.3 Å². The Morgan fingerprint density at radius 2 is 2.00 bits per heavy atom. The van der Waals surface area contributed by atoms with Gasteiger partial charge in [-0.05, 0) is 55.7 Å². The van der Waals surface area contributed by atoms with Crippen LogP contribution in [0.1, 0.15) is 30.4 Å². The molecule has 1 aromatic carbocycles. The summed E-state index contributed by atoms with van der Waals surface area (Å²) >= 11 is 1.48. The molecule has 6 heteroatoms. The fourth-order valence-electron chi connectivity index (χ4n) is 3.80. The van der Waals surface area contributed by atoms with Crippen LogP contribution in [0, 0.1) is 19.3 Å². The third-order valence-electron chi connectivity index (χ3n) is 5.84. The van der Waals surface area contributed by atoms with Crippen LogP contribution in [0.4, 0.5) is 5.95 Å². The van der Waals surface area contributed by atoms with Gasteiger partial charge in [0, 0.05) is 24.6 Å². The lowest BCUT2D eigenvalue weighted by Gasteiger charge is -2.38. The maximum absolute atomic E-state index is 12.6. The minimum Gasteiger partial charge on any atom is -0.381 e. The van der Waals surface area contributed by atoms with Gasteiger partial charge in [0.2, 0.25) is 5.95 Å². The van der Waals surface area contributed by atoms with Crippen LogP contribution in [0.2, 0.25) is 0 Å². The van der Waals surface area contributed by atoms with Crippen molar-refractivity contribution in [1.29, 1.82) is 0 Å². The van der Waals surface area contributed by atoms with Crippen molar-refractivity contribution in [3.8, 4) is 0 Å². The molecule has 0 saturated carbocycles. The average Bonchev–Trinajstić information content (AvgIpc) is 3.09. The van der Waals surface area contributed by atoms with E-state index in [4.69, 9.17) is 4.74 Å². The Balaban J connectivity index is 1.48. The number of aromatic nitrogens is 2. The fourth-order valence-corrected chi connectivity index (χ4v) is 4.74. The van der Waals surface area contributed by atoms with E-state index in [9.17, 15) is 4.79 Å². The summed E-state index contributed by atoms with van der Waals surface area (Å²) in [6, 6.07) is 6.16. The number of nitrogens with zero attached hydrogens (tertiary/aromatic N) is 2. The molecular formula is C20H25N3O2S. The number of nitrogens with one attached hydrogen (secondary N) is 1. The number of anilines is 1. The van der Waals surface area contributed by atoms with E-state index in [-0.39, 0.29) is 5.56 Å². The van der Waals surface area contributed by atoms with Crippen LogP contribution in [-0.4, -0.2) is 36.3 Å². The summed E-state index contributed by atoms with van der Waals surface area (Å²) in [5.41, 5.74) is 2.73. The molecule has 4 rings (SSSR count). The second-order valence-electron chi connectivity index (χ2n) is 7.49. The summed E-state index contributed by atoms with van der Waals surface area (Å²) in [5, 5.41) is 0. The van der Waals surface area contributed by atoms with Gasteiger partial charge in [-0.3, -0.25) is 9.78 Å². The van der Waals surface area contributed by atoms with Crippen molar-refractivity contribution in [1.82, 2.24) is 9.97 Å². The molecule has 0 unspecified atom stereocenters. The molecule has 1 spiro atoms. The van der Waals surface area contributed by atoms with Crippen LogP contribution < -0.4 is 10.5 Å². The van der Waals surface area contributed by atoms with E-state index < -0.39 is 0 Å². The molecule has 138 valence electrons. The van der Waals surface area contributed by atoms with Crippen LogP contribution in [0.3, 0.4) is 0 Å². The molecule has 2 aliphatic rings. The van der Waals surface area contributed by atoms with Crippen LogP contribution in [0.25, 0.3) is 0 Å². The highest BCUT2D eigenvalue weighted by Gasteiger charge is 2.38. The predicted molar refractivity (Wildman–Crippen MR) is 104 cm³/mol. The molecule has 0 radical (unpaired) electrons. The molecule has 26 heavy (non-hydrogen) atoms. The second kappa shape index (κ2) is 7.08. The summed E-state index contributed by atoms with van der Waals surface area (Å²) in [4.78, 5) is 24.0. The number of hydrogen-bond donors (Lipinski definition) is 1. The fraction of sp³-hybridized carbons (Fsp3) is 0.500. The van der Waals surface area contributed by atoms with E-state index in [2.05, 4.69) is 34.8 Å². The number of hydrogen-bond acceptors (Lipinski definition) is 5. The summed E-state index contributed by atoms with van der Waals surface area (Å²) in [7, 11) is 0. The van der Waals surface area contributed by atoms with Gasteiger partial charge in [-0.15, -0.1) is 0 Å². The Kier molecular flexibility index (Phi) is 4.80. The predicted octanol–water partition coefficient (Wildman–Crippen LogP) is 3.54. The lowest BCUT2D eigenvalue weighted by Crippen LogP contribution is -2.41. The van der Waals surface area contributed by atoms with E-state index >= 15 is 0 Å². The quantitative estimate of drug-likeness (QED) is 0.894. The number of H-pyrrole nitrogens is 1. The van der Waals surface area contributed by atoms with E-state index in [1.54, 1.807) is 6.20 Å². The monoisotopic (exact) mass is 371 g/mol. The molecule has 0 bridgehead atoms. The van der Waals surface area contributed by atoms with Gasteiger partial charge in [0.15, 0.2) is 0 Å². The zero-order valence-corrected chi connectivity index (χ0v) is 16.2. The smallest absolute Gasteiger partial charge is 0.266 e. The minimum atomic E-state index is -0.0645. The first-order chi connectivity index (χ1) is 12.6. The third-order valence-corrected chi connectivity index (χ3v) is 7.01. The first kappa shape index (κ1) is 17.6. The summed E-state index contributed by atoms with van der Waals surface area (Å²) in [6.45, 7) is 7.80. The molecule has 2 aromatic rings. The van der Waals surface area contributed by atoms with Gasteiger partial charge in [0.05, 0.1) is 17.7 Å². The van der Waals surface area contributed by atoms with Crippen LogP contribution in [0.5, 0.6) is 0 Å². The van der Waals surface area contributed by atoms with Crippen molar-refractivity contribution in [3.05, 3.63) is 45.9 Å². The molecule has 2 aliphatic heterocycles. The largest absolute Gasteiger partial charge is 0.381 e. The normalized spacial score (nSPS) is 19.2. The third kappa shape index (κ3) is 3.40. The summed E-state index contributed by atoms with van der Waals surface area (Å²) in [6.07, 6.45) is 5.09.